The van der Waals surface area contributed by atoms with Crippen molar-refractivity contribution in [3.05, 3.63) is 29.8 Å². The van der Waals surface area contributed by atoms with Gasteiger partial charge < -0.3 is 5.32 Å². The van der Waals surface area contributed by atoms with E-state index in [-0.39, 0.29) is 4.75 Å². The van der Waals surface area contributed by atoms with Crippen molar-refractivity contribution in [1.82, 2.24) is 10.0 Å². The topological polar surface area (TPSA) is 58.2 Å². The van der Waals surface area contributed by atoms with Crippen LogP contribution in [-0.4, -0.2) is 39.1 Å². The van der Waals surface area contributed by atoms with Crippen LogP contribution in [0.3, 0.4) is 0 Å². The summed E-state index contributed by atoms with van der Waals surface area (Å²) in [7, 11) is -3.42. The highest BCUT2D eigenvalue weighted by molar-refractivity contribution is 8.00. The smallest absolute Gasteiger partial charge is 0.240 e. The minimum absolute atomic E-state index is 0.112. The molecule has 0 aliphatic heterocycles. The van der Waals surface area contributed by atoms with Crippen LogP contribution >= 0.6 is 11.8 Å². The first-order chi connectivity index (χ1) is 9.80. The van der Waals surface area contributed by atoms with Crippen molar-refractivity contribution in [2.45, 2.75) is 36.8 Å². The lowest BCUT2D eigenvalue weighted by Gasteiger charge is -2.22. The molecule has 0 aromatic heterocycles. The summed E-state index contributed by atoms with van der Waals surface area (Å²) in [5.41, 5.74) is 1.14. The Morgan fingerprint density at radius 1 is 1.19 bits per heavy atom. The summed E-state index contributed by atoms with van der Waals surface area (Å²) in [5.74, 6) is 0. The summed E-state index contributed by atoms with van der Waals surface area (Å²) in [5, 5.41) is 3.25. The lowest BCUT2D eigenvalue weighted by atomic mass is 10.1. The first-order valence-electron chi connectivity index (χ1n) is 7.15. The predicted molar refractivity (Wildman–Crippen MR) is 91.5 cm³/mol. The number of benzene rings is 1. The molecule has 0 unspecified atom stereocenters. The van der Waals surface area contributed by atoms with Crippen LogP contribution in [0, 0.1) is 0 Å². The Bertz CT molecular complexity index is 525. The second kappa shape index (κ2) is 8.17. The number of hydrogen-bond acceptors (Lipinski definition) is 4. The van der Waals surface area contributed by atoms with Gasteiger partial charge in [0.2, 0.25) is 10.0 Å². The summed E-state index contributed by atoms with van der Waals surface area (Å²) in [6.45, 7) is 8.37. The molecular formula is C15H26N2O2S2. The molecule has 0 aliphatic carbocycles. The van der Waals surface area contributed by atoms with Crippen LogP contribution in [0.4, 0.5) is 0 Å². The first kappa shape index (κ1) is 18.5. The molecule has 0 amide bonds. The quantitative estimate of drug-likeness (QED) is 0.682. The van der Waals surface area contributed by atoms with Crippen LogP contribution in [0.25, 0.3) is 0 Å². The molecule has 0 saturated carbocycles. The highest BCUT2D eigenvalue weighted by atomic mass is 32.2. The number of rotatable bonds is 9. The molecule has 6 heteroatoms. The predicted octanol–water partition coefficient (Wildman–Crippen LogP) is 2.26. The number of sulfonamides is 1. The van der Waals surface area contributed by atoms with Crippen LogP contribution in [0.5, 0.6) is 0 Å². The van der Waals surface area contributed by atoms with Gasteiger partial charge in [-0.05, 0) is 57.3 Å². The largest absolute Gasteiger partial charge is 0.317 e. The van der Waals surface area contributed by atoms with Gasteiger partial charge in [-0.2, -0.15) is 11.8 Å². The molecule has 2 N–H and O–H groups in total. The fourth-order valence-corrected chi connectivity index (χ4v) is 3.19. The van der Waals surface area contributed by atoms with Crippen LogP contribution in [0.1, 0.15) is 26.3 Å². The molecule has 0 spiro atoms. The number of likely N-dealkylation sites (N-methyl/N-ethyl adjacent to an activating group) is 1. The van der Waals surface area contributed by atoms with Gasteiger partial charge in [-0.25, -0.2) is 13.1 Å². The van der Waals surface area contributed by atoms with Crippen molar-refractivity contribution >= 4 is 21.8 Å². The van der Waals surface area contributed by atoms with Gasteiger partial charge >= 0.3 is 0 Å². The van der Waals surface area contributed by atoms with Gasteiger partial charge in [-0.15, -0.1) is 0 Å². The lowest BCUT2D eigenvalue weighted by Crippen LogP contribution is -2.36. The van der Waals surface area contributed by atoms with Crippen LogP contribution in [0.2, 0.25) is 0 Å². The zero-order valence-corrected chi connectivity index (χ0v) is 14.9. The molecule has 0 heterocycles. The van der Waals surface area contributed by atoms with Gasteiger partial charge in [0.25, 0.3) is 0 Å². The van der Waals surface area contributed by atoms with Gasteiger partial charge in [-0.3, -0.25) is 0 Å². The molecular weight excluding hydrogens is 304 g/mol. The van der Waals surface area contributed by atoms with Crippen LogP contribution in [0.15, 0.2) is 29.2 Å². The van der Waals surface area contributed by atoms with Crippen LogP contribution < -0.4 is 10.0 Å². The molecule has 0 saturated heterocycles. The molecule has 0 radical (unpaired) electrons. The summed E-state index contributed by atoms with van der Waals surface area (Å²) >= 11 is 1.64. The van der Waals surface area contributed by atoms with Gasteiger partial charge in [-0.1, -0.05) is 19.1 Å². The normalized spacial score (nSPS) is 12.6. The number of thioether (sulfide) groups is 1. The van der Waals surface area contributed by atoms with E-state index in [0.29, 0.717) is 11.4 Å². The van der Waals surface area contributed by atoms with Gasteiger partial charge in [0.15, 0.2) is 0 Å². The van der Waals surface area contributed by atoms with E-state index in [1.807, 2.05) is 32.2 Å². The van der Waals surface area contributed by atoms with Crippen molar-refractivity contribution < 1.29 is 8.42 Å². The van der Waals surface area contributed by atoms with E-state index in [2.05, 4.69) is 17.0 Å². The van der Waals surface area contributed by atoms with Crippen molar-refractivity contribution in [2.24, 2.45) is 0 Å². The Morgan fingerprint density at radius 3 is 2.33 bits per heavy atom. The highest BCUT2D eigenvalue weighted by Gasteiger charge is 2.21. The molecule has 21 heavy (non-hydrogen) atoms. The zero-order valence-electron chi connectivity index (χ0n) is 13.3. The maximum Gasteiger partial charge on any atom is 0.240 e. The molecule has 1 aromatic rings. The van der Waals surface area contributed by atoms with E-state index in [1.165, 1.54) is 0 Å². The van der Waals surface area contributed by atoms with Gasteiger partial charge in [0.1, 0.15) is 0 Å². The van der Waals surface area contributed by atoms with Gasteiger partial charge in [0, 0.05) is 11.3 Å². The fraction of sp³-hybridized carbons (Fsp3) is 0.600. The maximum absolute atomic E-state index is 12.2. The Labute approximate surface area is 133 Å². The van der Waals surface area contributed by atoms with E-state index < -0.39 is 10.0 Å². The van der Waals surface area contributed by atoms with Crippen molar-refractivity contribution in [2.75, 3.05) is 25.9 Å². The summed E-state index contributed by atoms with van der Waals surface area (Å²) < 4.78 is 27.0. The molecule has 4 nitrogen and oxygen atoms in total. The van der Waals surface area contributed by atoms with E-state index in [1.54, 1.807) is 23.9 Å². The molecule has 0 fully saturated rings. The monoisotopic (exact) mass is 330 g/mol. The molecule has 120 valence electrons. The second-order valence-electron chi connectivity index (χ2n) is 5.54. The third-order valence-electron chi connectivity index (χ3n) is 3.31. The Morgan fingerprint density at radius 2 is 1.81 bits per heavy atom. The SMILES string of the molecule is CCNCCc1ccc(S(=O)(=O)NCC(C)(C)SC)cc1. The Kier molecular flexibility index (Phi) is 7.20. The van der Waals surface area contributed by atoms with Crippen molar-refractivity contribution in [1.29, 1.82) is 0 Å². The Balaban J connectivity index is 2.67. The van der Waals surface area contributed by atoms with E-state index >= 15 is 0 Å². The standard InChI is InChI=1S/C15H26N2O2S2/c1-5-16-11-10-13-6-8-14(9-7-13)21(18,19)17-12-15(2,3)20-4/h6-9,16-17H,5,10-12H2,1-4H3. The second-order valence-corrected chi connectivity index (χ2v) is 8.82. The number of nitrogens with one attached hydrogen (secondary N) is 2. The summed E-state index contributed by atoms with van der Waals surface area (Å²) in [6.07, 6.45) is 2.88. The van der Waals surface area contributed by atoms with Crippen molar-refractivity contribution in [3.8, 4) is 0 Å². The minimum Gasteiger partial charge on any atom is -0.317 e. The highest BCUT2D eigenvalue weighted by Crippen LogP contribution is 2.20. The van der Waals surface area contributed by atoms with Crippen LogP contribution in [-0.2, 0) is 16.4 Å². The first-order valence-corrected chi connectivity index (χ1v) is 9.86. The van der Waals surface area contributed by atoms with Crippen molar-refractivity contribution in [3.63, 3.8) is 0 Å². The summed E-state index contributed by atoms with van der Waals surface area (Å²) in [6, 6.07) is 7.11. The Hall–Kier alpha value is -0.560. The zero-order chi connectivity index (χ0) is 15.9. The lowest BCUT2D eigenvalue weighted by molar-refractivity contribution is 0.570. The third-order valence-corrected chi connectivity index (χ3v) is 5.98. The third kappa shape index (κ3) is 6.38. The van der Waals surface area contributed by atoms with Gasteiger partial charge in [0.05, 0.1) is 4.90 Å². The molecule has 0 bridgehead atoms. The number of hydrogen-bond donors (Lipinski definition) is 2. The molecule has 0 atom stereocenters. The minimum atomic E-state index is -3.42. The van der Waals surface area contributed by atoms with E-state index in [4.69, 9.17) is 0 Å². The van der Waals surface area contributed by atoms with E-state index in [9.17, 15) is 8.42 Å². The summed E-state index contributed by atoms with van der Waals surface area (Å²) in [4.78, 5) is 0.326. The molecule has 1 rings (SSSR count). The maximum atomic E-state index is 12.2. The molecule has 1 aromatic carbocycles. The molecule has 0 aliphatic rings. The average Bonchev–Trinajstić information content (AvgIpc) is 2.46. The fourth-order valence-electron chi connectivity index (χ4n) is 1.67. The average molecular weight is 331 g/mol. The van der Waals surface area contributed by atoms with E-state index in [0.717, 1.165) is 25.1 Å².